The van der Waals surface area contributed by atoms with Gasteiger partial charge in [-0.3, -0.25) is 0 Å². The Bertz CT molecular complexity index is 515. The fourth-order valence-electron chi connectivity index (χ4n) is 2.56. The van der Waals surface area contributed by atoms with Gasteiger partial charge in [-0.05, 0) is 29.5 Å². The maximum absolute atomic E-state index is 10.9. The van der Waals surface area contributed by atoms with E-state index in [1.807, 2.05) is 18.2 Å². The minimum absolute atomic E-state index is 0.658. The van der Waals surface area contributed by atoms with Crippen molar-refractivity contribution in [2.75, 3.05) is 0 Å². The zero-order chi connectivity index (χ0) is 14.4. The molecule has 20 heavy (non-hydrogen) atoms. The zero-order valence-corrected chi connectivity index (χ0v) is 12.5. The van der Waals surface area contributed by atoms with Crippen molar-refractivity contribution in [3.8, 4) is 0 Å². The summed E-state index contributed by atoms with van der Waals surface area (Å²) >= 11 is 0. The minimum Gasteiger partial charge on any atom is -0.389 e. The third-order valence-corrected chi connectivity index (χ3v) is 4.00. The van der Waals surface area contributed by atoms with E-state index in [1.54, 1.807) is 0 Å². The van der Waals surface area contributed by atoms with Gasteiger partial charge in [-0.2, -0.15) is 0 Å². The van der Waals surface area contributed by atoms with Gasteiger partial charge in [-0.25, -0.2) is 0 Å². The second kappa shape index (κ2) is 6.71. The van der Waals surface area contributed by atoms with Gasteiger partial charge in [0.05, 0.1) is 5.60 Å². The number of hydrogen-bond donors (Lipinski definition) is 1. The van der Waals surface area contributed by atoms with Gasteiger partial charge in [0.15, 0.2) is 0 Å². The van der Waals surface area contributed by atoms with Crippen molar-refractivity contribution in [1.82, 2.24) is 0 Å². The van der Waals surface area contributed by atoms with Gasteiger partial charge >= 0.3 is 0 Å². The third kappa shape index (κ3) is 3.94. The molecule has 0 amide bonds. The average molecular weight is 268 g/mol. The van der Waals surface area contributed by atoms with E-state index >= 15 is 0 Å². The Kier molecular flexibility index (Phi) is 4.97. The van der Waals surface area contributed by atoms with Crippen LogP contribution in [0.4, 0.5) is 0 Å². The molecule has 1 heteroatoms. The molecule has 0 spiro atoms. The van der Waals surface area contributed by atoms with Crippen LogP contribution in [0, 0.1) is 0 Å². The molecule has 2 aromatic rings. The molecular formula is C19H24O. The van der Waals surface area contributed by atoms with Crippen LogP contribution in [-0.2, 0) is 19.3 Å². The number of aliphatic hydroxyl groups is 1. The lowest BCUT2D eigenvalue weighted by Crippen LogP contribution is -2.33. The summed E-state index contributed by atoms with van der Waals surface area (Å²) in [4.78, 5) is 0. The normalized spacial score (nSPS) is 13.9. The van der Waals surface area contributed by atoms with Crippen LogP contribution in [0.3, 0.4) is 0 Å². The Hall–Kier alpha value is -1.60. The quantitative estimate of drug-likeness (QED) is 0.833. The fourth-order valence-corrected chi connectivity index (χ4v) is 2.56. The summed E-state index contributed by atoms with van der Waals surface area (Å²) in [5.41, 5.74) is 3.09. The van der Waals surface area contributed by atoms with E-state index in [9.17, 15) is 5.11 Å². The van der Waals surface area contributed by atoms with E-state index in [-0.39, 0.29) is 0 Å². The fraction of sp³-hybridized carbons (Fsp3) is 0.368. The summed E-state index contributed by atoms with van der Waals surface area (Å²) in [7, 11) is 0. The number of benzene rings is 2. The molecule has 0 saturated carbocycles. The largest absolute Gasteiger partial charge is 0.389 e. The number of aryl methyl sites for hydroxylation is 1. The Balaban J connectivity index is 2.09. The minimum atomic E-state index is -0.658. The number of rotatable bonds is 6. The van der Waals surface area contributed by atoms with Crippen LogP contribution in [0.25, 0.3) is 0 Å². The molecule has 0 fully saturated rings. The van der Waals surface area contributed by atoms with Crippen molar-refractivity contribution < 1.29 is 5.11 Å². The Labute approximate surface area is 122 Å². The van der Waals surface area contributed by atoms with E-state index in [2.05, 4.69) is 50.2 Å². The second-order valence-electron chi connectivity index (χ2n) is 5.59. The van der Waals surface area contributed by atoms with Crippen LogP contribution < -0.4 is 0 Å². The molecule has 0 aliphatic heterocycles. The summed E-state index contributed by atoms with van der Waals surface area (Å²) in [6.07, 6.45) is 3.24. The summed E-state index contributed by atoms with van der Waals surface area (Å²) < 4.78 is 0. The maximum atomic E-state index is 10.9. The Morgan fingerprint density at radius 1 is 0.750 bits per heavy atom. The van der Waals surface area contributed by atoms with E-state index in [1.165, 1.54) is 16.7 Å². The topological polar surface area (TPSA) is 20.2 Å². The van der Waals surface area contributed by atoms with Crippen LogP contribution in [-0.4, -0.2) is 10.7 Å². The van der Waals surface area contributed by atoms with Crippen molar-refractivity contribution in [2.24, 2.45) is 0 Å². The second-order valence-corrected chi connectivity index (χ2v) is 5.59. The van der Waals surface area contributed by atoms with E-state index in [0.29, 0.717) is 12.8 Å². The van der Waals surface area contributed by atoms with Crippen molar-refractivity contribution in [3.05, 3.63) is 71.3 Å². The lowest BCUT2D eigenvalue weighted by molar-refractivity contribution is 0.0368. The van der Waals surface area contributed by atoms with E-state index in [4.69, 9.17) is 0 Å². The summed E-state index contributed by atoms with van der Waals surface area (Å²) in [5.74, 6) is 0. The molecule has 0 aliphatic carbocycles. The van der Waals surface area contributed by atoms with Gasteiger partial charge < -0.3 is 5.11 Å². The third-order valence-electron chi connectivity index (χ3n) is 4.00. The summed E-state index contributed by atoms with van der Waals surface area (Å²) in [6, 6.07) is 18.8. The van der Waals surface area contributed by atoms with Gasteiger partial charge in [-0.15, -0.1) is 0 Å². The molecule has 0 heterocycles. The molecule has 106 valence electrons. The first-order valence-electron chi connectivity index (χ1n) is 7.49. The molecule has 1 N–H and O–H groups in total. The van der Waals surface area contributed by atoms with Crippen molar-refractivity contribution >= 4 is 0 Å². The highest BCUT2D eigenvalue weighted by molar-refractivity contribution is 5.25. The molecule has 0 saturated heterocycles. The van der Waals surface area contributed by atoms with Crippen LogP contribution in [0.15, 0.2) is 54.6 Å². The molecule has 1 nitrogen and oxygen atoms in total. The monoisotopic (exact) mass is 268 g/mol. The Morgan fingerprint density at radius 2 is 1.25 bits per heavy atom. The van der Waals surface area contributed by atoms with Crippen molar-refractivity contribution in [1.29, 1.82) is 0 Å². The standard InChI is InChI=1S/C19H24O/c1-3-16-10-12-18(13-11-16)15-19(20,4-2)14-17-8-6-5-7-9-17/h5-13,20H,3-4,14-15H2,1-2H3. The van der Waals surface area contributed by atoms with Gasteiger partial charge in [0.2, 0.25) is 0 Å². The molecule has 0 radical (unpaired) electrons. The molecule has 0 aliphatic rings. The molecule has 2 rings (SSSR count). The van der Waals surface area contributed by atoms with E-state index in [0.717, 1.165) is 12.8 Å². The lowest BCUT2D eigenvalue weighted by Gasteiger charge is -2.27. The van der Waals surface area contributed by atoms with E-state index < -0.39 is 5.60 Å². The molecule has 1 atom stereocenters. The smallest absolute Gasteiger partial charge is 0.0725 e. The van der Waals surface area contributed by atoms with Crippen LogP contribution in [0.1, 0.15) is 37.0 Å². The van der Waals surface area contributed by atoms with Gasteiger partial charge in [0, 0.05) is 12.8 Å². The Morgan fingerprint density at radius 3 is 1.75 bits per heavy atom. The number of hydrogen-bond acceptors (Lipinski definition) is 1. The molecule has 0 aromatic heterocycles. The highest BCUT2D eigenvalue weighted by Crippen LogP contribution is 2.23. The highest BCUT2D eigenvalue weighted by atomic mass is 16.3. The van der Waals surface area contributed by atoms with Crippen molar-refractivity contribution in [3.63, 3.8) is 0 Å². The van der Waals surface area contributed by atoms with Crippen LogP contribution in [0.5, 0.6) is 0 Å². The summed E-state index contributed by atoms with van der Waals surface area (Å²) in [6.45, 7) is 4.22. The first kappa shape index (κ1) is 14.8. The first-order valence-corrected chi connectivity index (χ1v) is 7.49. The van der Waals surface area contributed by atoms with Gasteiger partial charge in [-0.1, -0.05) is 68.4 Å². The molecule has 1 unspecified atom stereocenters. The van der Waals surface area contributed by atoms with Crippen molar-refractivity contribution in [2.45, 2.75) is 45.1 Å². The molecular weight excluding hydrogens is 244 g/mol. The molecule has 2 aromatic carbocycles. The predicted molar refractivity (Wildman–Crippen MR) is 84.9 cm³/mol. The average Bonchev–Trinajstić information content (AvgIpc) is 2.49. The summed E-state index contributed by atoms with van der Waals surface area (Å²) in [5, 5.41) is 10.9. The predicted octanol–water partition coefficient (Wildman–Crippen LogP) is 4.18. The molecule has 0 bridgehead atoms. The lowest BCUT2D eigenvalue weighted by atomic mass is 9.86. The first-order chi connectivity index (χ1) is 9.65. The van der Waals surface area contributed by atoms with Gasteiger partial charge in [0.1, 0.15) is 0 Å². The zero-order valence-electron chi connectivity index (χ0n) is 12.5. The van der Waals surface area contributed by atoms with Crippen LogP contribution in [0.2, 0.25) is 0 Å². The highest BCUT2D eigenvalue weighted by Gasteiger charge is 2.25. The SMILES string of the molecule is CCc1ccc(CC(O)(CC)Cc2ccccc2)cc1. The van der Waals surface area contributed by atoms with Crippen LogP contribution >= 0.6 is 0 Å². The maximum Gasteiger partial charge on any atom is 0.0725 e. The van der Waals surface area contributed by atoms with Gasteiger partial charge in [0.25, 0.3) is 0 Å².